The number of nitrogens with zero attached hydrogens (tertiary/aromatic N) is 2. The lowest BCUT2D eigenvalue weighted by molar-refractivity contribution is -0.117. The zero-order valence-electron chi connectivity index (χ0n) is 13.5. The van der Waals surface area contributed by atoms with Gasteiger partial charge in [-0.25, -0.2) is 14.4 Å². The van der Waals surface area contributed by atoms with Crippen LogP contribution >= 0.6 is 23.1 Å². The Morgan fingerprint density at radius 1 is 1.25 bits per heavy atom. The molecule has 24 heavy (non-hydrogen) atoms. The summed E-state index contributed by atoms with van der Waals surface area (Å²) in [5, 5.41) is 1.23. The second-order valence-electron chi connectivity index (χ2n) is 5.46. The Kier molecular flexibility index (Phi) is 4.56. The van der Waals surface area contributed by atoms with E-state index < -0.39 is 5.25 Å². The lowest BCUT2D eigenvalue weighted by Gasteiger charge is -2.10. The summed E-state index contributed by atoms with van der Waals surface area (Å²) in [5.41, 5.74) is 7.28. The number of hydrogen-bond donors (Lipinski definition) is 1. The average molecular weight is 361 g/mol. The third kappa shape index (κ3) is 3.14. The molecule has 2 heterocycles. The zero-order chi connectivity index (χ0) is 17.4. The van der Waals surface area contributed by atoms with Gasteiger partial charge < -0.3 is 5.73 Å². The van der Waals surface area contributed by atoms with Crippen LogP contribution in [0.4, 0.5) is 4.39 Å². The molecule has 3 rings (SSSR count). The lowest BCUT2D eigenvalue weighted by Crippen LogP contribution is -2.22. The molecule has 1 aromatic carbocycles. The van der Waals surface area contributed by atoms with Gasteiger partial charge in [0.15, 0.2) is 0 Å². The monoisotopic (exact) mass is 361 g/mol. The molecule has 1 amide bonds. The van der Waals surface area contributed by atoms with Gasteiger partial charge in [0.25, 0.3) is 0 Å². The Labute approximate surface area is 147 Å². The van der Waals surface area contributed by atoms with Crippen molar-refractivity contribution in [3.8, 4) is 11.1 Å². The zero-order valence-corrected chi connectivity index (χ0v) is 15.1. The highest BCUT2D eigenvalue weighted by atomic mass is 32.2. The number of carbonyl (C=O) groups is 1. The van der Waals surface area contributed by atoms with Crippen LogP contribution in [0, 0.1) is 19.7 Å². The fraction of sp³-hybridized carbons (Fsp3) is 0.235. The fourth-order valence-electron chi connectivity index (χ4n) is 2.46. The minimum absolute atomic E-state index is 0.278. The van der Waals surface area contributed by atoms with Gasteiger partial charge in [-0.2, -0.15) is 0 Å². The Hall–Kier alpha value is -1.99. The number of nitrogens with two attached hydrogens (primary N) is 1. The number of halogens is 1. The number of aryl methyl sites for hydroxylation is 2. The molecule has 0 aliphatic carbocycles. The maximum Gasteiger partial charge on any atom is 0.230 e. The van der Waals surface area contributed by atoms with Crippen molar-refractivity contribution in [2.75, 3.05) is 0 Å². The maximum atomic E-state index is 13.3. The van der Waals surface area contributed by atoms with Gasteiger partial charge in [0, 0.05) is 10.4 Å². The molecule has 0 saturated heterocycles. The van der Waals surface area contributed by atoms with Crippen molar-refractivity contribution in [3.05, 3.63) is 40.8 Å². The molecule has 0 aliphatic rings. The summed E-state index contributed by atoms with van der Waals surface area (Å²) in [6.07, 6.45) is 0. The van der Waals surface area contributed by atoms with Gasteiger partial charge in [0.1, 0.15) is 21.5 Å². The summed E-state index contributed by atoms with van der Waals surface area (Å²) in [5.74, 6) is -0.0201. The second-order valence-corrected chi connectivity index (χ2v) is 7.99. The number of thioether (sulfide) groups is 1. The molecule has 2 aromatic heterocycles. The molecule has 0 bridgehead atoms. The number of rotatable bonds is 4. The number of benzene rings is 1. The fourth-order valence-corrected chi connectivity index (χ4v) is 4.56. The first kappa shape index (κ1) is 16.9. The van der Waals surface area contributed by atoms with E-state index in [0.717, 1.165) is 31.2 Å². The number of amides is 1. The van der Waals surface area contributed by atoms with E-state index in [1.165, 1.54) is 23.9 Å². The summed E-state index contributed by atoms with van der Waals surface area (Å²) in [6, 6.07) is 6.36. The highest BCUT2D eigenvalue weighted by molar-refractivity contribution is 8.00. The summed E-state index contributed by atoms with van der Waals surface area (Å²) in [7, 11) is 0. The summed E-state index contributed by atoms with van der Waals surface area (Å²) in [6.45, 7) is 5.59. The summed E-state index contributed by atoms with van der Waals surface area (Å²) in [4.78, 5) is 22.4. The van der Waals surface area contributed by atoms with Crippen LogP contribution in [0.25, 0.3) is 21.3 Å². The van der Waals surface area contributed by atoms with Crippen molar-refractivity contribution in [1.82, 2.24) is 9.97 Å². The molecular formula is C17H16FN3OS2. The number of carbonyl (C=O) groups excluding carboxylic acids is 1. The van der Waals surface area contributed by atoms with E-state index in [4.69, 9.17) is 5.73 Å². The SMILES string of the molecule is Cc1nc(SC(C)C(N)=O)c2c(-c3ccc(F)cc3)c(C)sc2n1. The molecule has 124 valence electrons. The third-order valence-corrected chi connectivity index (χ3v) is 5.73. The predicted octanol–water partition coefficient (Wildman–Crippen LogP) is 4.08. The van der Waals surface area contributed by atoms with Crippen molar-refractivity contribution < 1.29 is 9.18 Å². The van der Waals surface area contributed by atoms with Crippen LogP contribution in [-0.4, -0.2) is 21.1 Å². The van der Waals surface area contributed by atoms with Gasteiger partial charge in [-0.15, -0.1) is 11.3 Å². The minimum Gasteiger partial charge on any atom is -0.369 e. The molecule has 0 radical (unpaired) electrons. The maximum absolute atomic E-state index is 13.3. The normalized spacial score (nSPS) is 12.5. The molecule has 7 heteroatoms. The molecule has 2 N–H and O–H groups in total. The van der Waals surface area contributed by atoms with Crippen molar-refractivity contribution in [2.24, 2.45) is 5.73 Å². The molecule has 1 atom stereocenters. The van der Waals surface area contributed by atoms with Gasteiger partial charge in [-0.3, -0.25) is 4.79 Å². The molecule has 4 nitrogen and oxygen atoms in total. The van der Waals surface area contributed by atoms with E-state index in [2.05, 4.69) is 9.97 Å². The molecule has 0 spiro atoms. The smallest absolute Gasteiger partial charge is 0.230 e. The van der Waals surface area contributed by atoms with Crippen LogP contribution in [0.5, 0.6) is 0 Å². The highest BCUT2D eigenvalue weighted by Crippen LogP contribution is 2.42. The van der Waals surface area contributed by atoms with Gasteiger partial charge in [0.2, 0.25) is 5.91 Å². The number of thiophene rings is 1. The summed E-state index contributed by atoms with van der Waals surface area (Å²) >= 11 is 2.89. The van der Waals surface area contributed by atoms with Gasteiger partial charge >= 0.3 is 0 Å². The number of hydrogen-bond acceptors (Lipinski definition) is 5. The summed E-state index contributed by atoms with van der Waals surface area (Å²) < 4.78 is 13.3. The Balaban J connectivity index is 2.24. The second kappa shape index (κ2) is 6.49. The molecule has 0 aliphatic heterocycles. The van der Waals surface area contributed by atoms with Crippen LogP contribution in [0.3, 0.4) is 0 Å². The van der Waals surface area contributed by atoms with Crippen molar-refractivity contribution >= 4 is 39.2 Å². The molecule has 1 unspecified atom stereocenters. The van der Waals surface area contributed by atoms with E-state index in [1.807, 2.05) is 13.8 Å². The van der Waals surface area contributed by atoms with E-state index >= 15 is 0 Å². The van der Waals surface area contributed by atoms with Crippen LogP contribution < -0.4 is 5.73 Å². The Bertz CT molecular complexity index is 922. The lowest BCUT2D eigenvalue weighted by atomic mass is 10.0. The van der Waals surface area contributed by atoms with E-state index in [9.17, 15) is 9.18 Å². The van der Waals surface area contributed by atoms with Crippen LogP contribution in [0.2, 0.25) is 0 Å². The Morgan fingerprint density at radius 3 is 2.54 bits per heavy atom. The molecule has 3 aromatic rings. The van der Waals surface area contributed by atoms with E-state index in [1.54, 1.807) is 30.4 Å². The average Bonchev–Trinajstić information content (AvgIpc) is 2.84. The van der Waals surface area contributed by atoms with E-state index in [-0.39, 0.29) is 11.7 Å². The number of aromatic nitrogens is 2. The highest BCUT2D eigenvalue weighted by Gasteiger charge is 2.21. The first-order valence-electron chi connectivity index (χ1n) is 7.36. The largest absolute Gasteiger partial charge is 0.369 e. The first-order valence-corrected chi connectivity index (χ1v) is 9.06. The standard InChI is InChI=1S/C17H16FN3OS2/c1-8-13(11-4-6-12(18)7-5-11)14-16(23-8)20-10(3)21-17(14)24-9(2)15(19)22/h4-7,9H,1-3H3,(H2,19,22). The Morgan fingerprint density at radius 2 is 1.92 bits per heavy atom. The molecular weight excluding hydrogens is 345 g/mol. The van der Waals surface area contributed by atoms with Crippen molar-refractivity contribution in [3.63, 3.8) is 0 Å². The van der Waals surface area contributed by atoms with E-state index in [0.29, 0.717) is 5.82 Å². The van der Waals surface area contributed by atoms with Crippen LogP contribution in [0.15, 0.2) is 29.3 Å². The predicted molar refractivity (Wildman–Crippen MR) is 96.8 cm³/mol. The van der Waals surface area contributed by atoms with Gasteiger partial charge in [-0.1, -0.05) is 23.9 Å². The van der Waals surface area contributed by atoms with Crippen LogP contribution in [-0.2, 0) is 4.79 Å². The quantitative estimate of drug-likeness (QED) is 0.561. The minimum atomic E-state index is -0.399. The third-order valence-electron chi connectivity index (χ3n) is 3.63. The molecule has 0 saturated carbocycles. The molecule has 0 fully saturated rings. The first-order chi connectivity index (χ1) is 11.4. The van der Waals surface area contributed by atoms with Gasteiger partial charge in [0.05, 0.1) is 10.6 Å². The van der Waals surface area contributed by atoms with Crippen molar-refractivity contribution in [1.29, 1.82) is 0 Å². The topological polar surface area (TPSA) is 68.9 Å². The van der Waals surface area contributed by atoms with Gasteiger partial charge in [-0.05, 0) is 38.5 Å². The van der Waals surface area contributed by atoms with Crippen molar-refractivity contribution in [2.45, 2.75) is 31.0 Å². The van der Waals surface area contributed by atoms with Crippen LogP contribution in [0.1, 0.15) is 17.6 Å². The number of fused-ring (bicyclic) bond motifs is 1. The number of primary amides is 1.